The summed E-state index contributed by atoms with van der Waals surface area (Å²) in [5.41, 5.74) is 7.96. The van der Waals surface area contributed by atoms with Crippen molar-refractivity contribution < 1.29 is 0 Å². The highest BCUT2D eigenvalue weighted by Gasteiger charge is 2.19. The number of nitrogens with two attached hydrogens (primary N) is 1. The Morgan fingerprint density at radius 1 is 1.25 bits per heavy atom. The molecule has 0 spiro atoms. The van der Waals surface area contributed by atoms with E-state index in [0.29, 0.717) is 6.04 Å². The van der Waals surface area contributed by atoms with Crippen molar-refractivity contribution in [2.75, 3.05) is 17.7 Å². The average molecular weight is 330 g/mol. The fourth-order valence-electron chi connectivity index (χ4n) is 2.47. The number of hydrogen-bond donors (Lipinski definition) is 1. The molecule has 88 valence electrons. The van der Waals surface area contributed by atoms with Crippen LogP contribution in [-0.4, -0.2) is 13.1 Å². The maximum atomic E-state index is 5.78. The quantitative estimate of drug-likeness (QED) is 0.663. The first-order chi connectivity index (χ1) is 7.68. The summed E-state index contributed by atoms with van der Waals surface area (Å²) in [7, 11) is 2.21. The van der Waals surface area contributed by atoms with Crippen LogP contribution in [0.25, 0.3) is 0 Å². The number of anilines is 2. The third-order valence-corrected chi connectivity index (χ3v) is 4.34. The Labute approximate surface area is 111 Å². The minimum Gasteiger partial charge on any atom is -0.399 e. The number of nitrogen functional groups attached to an aromatic ring is 1. The second-order valence-electron chi connectivity index (χ2n) is 4.61. The second kappa shape index (κ2) is 5.25. The Bertz CT molecular complexity index is 359. The summed E-state index contributed by atoms with van der Waals surface area (Å²) in [6.07, 6.45) is 6.82. The van der Waals surface area contributed by atoms with E-state index in [0.717, 1.165) is 5.69 Å². The minimum atomic E-state index is 0.714. The van der Waals surface area contributed by atoms with Crippen molar-refractivity contribution in [1.29, 1.82) is 0 Å². The maximum Gasteiger partial charge on any atom is 0.0503 e. The number of rotatable bonds is 2. The molecule has 0 unspecified atom stereocenters. The standard InChI is InChI=1S/C13H19IN2/c1-16(11-5-3-2-4-6-11)13-8-7-10(15)9-12(13)14/h7-9,11H,2-6,15H2,1H3. The predicted molar refractivity (Wildman–Crippen MR) is 78.8 cm³/mol. The normalized spacial score (nSPS) is 17.4. The second-order valence-corrected chi connectivity index (χ2v) is 5.78. The SMILES string of the molecule is CN(c1ccc(N)cc1I)C1CCCCC1. The van der Waals surface area contributed by atoms with E-state index in [2.05, 4.69) is 46.7 Å². The van der Waals surface area contributed by atoms with Crippen LogP contribution in [-0.2, 0) is 0 Å². The van der Waals surface area contributed by atoms with E-state index in [1.165, 1.54) is 41.4 Å². The zero-order valence-corrected chi connectivity index (χ0v) is 11.9. The summed E-state index contributed by atoms with van der Waals surface area (Å²) in [5, 5.41) is 0. The van der Waals surface area contributed by atoms with Gasteiger partial charge in [0.15, 0.2) is 0 Å². The van der Waals surface area contributed by atoms with Crippen LogP contribution >= 0.6 is 22.6 Å². The predicted octanol–water partition coefficient (Wildman–Crippen LogP) is 3.64. The van der Waals surface area contributed by atoms with E-state index < -0.39 is 0 Å². The molecule has 1 saturated carbocycles. The zero-order valence-electron chi connectivity index (χ0n) is 9.75. The van der Waals surface area contributed by atoms with E-state index in [1.807, 2.05) is 6.07 Å². The van der Waals surface area contributed by atoms with Crippen LogP contribution in [0.4, 0.5) is 11.4 Å². The molecule has 0 bridgehead atoms. The smallest absolute Gasteiger partial charge is 0.0503 e. The summed E-state index contributed by atoms with van der Waals surface area (Å²) < 4.78 is 1.26. The molecule has 1 aliphatic carbocycles. The Morgan fingerprint density at radius 3 is 2.56 bits per heavy atom. The molecule has 1 aliphatic rings. The van der Waals surface area contributed by atoms with Gasteiger partial charge in [0.25, 0.3) is 0 Å². The van der Waals surface area contributed by atoms with Gasteiger partial charge < -0.3 is 10.6 Å². The molecule has 0 atom stereocenters. The molecule has 0 radical (unpaired) electrons. The van der Waals surface area contributed by atoms with Gasteiger partial charge in [-0.3, -0.25) is 0 Å². The lowest BCUT2D eigenvalue weighted by Crippen LogP contribution is -2.33. The molecule has 0 saturated heterocycles. The first-order valence-electron chi connectivity index (χ1n) is 5.96. The fraction of sp³-hybridized carbons (Fsp3) is 0.538. The lowest BCUT2D eigenvalue weighted by atomic mass is 9.94. The highest BCUT2D eigenvalue weighted by molar-refractivity contribution is 14.1. The van der Waals surface area contributed by atoms with Crippen LogP contribution in [0.1, 0.15) is 32.1 Å². The molecule has 1 fully saturated rings. The lowest BCUT2D eigenvalue weighted by Gasteiger charge is -2.33. The highest BCUT2D eigenvalue weighted by Crippen LogP contribution is 2.30. The summed E-state index contributed by atoms with van der Waals surface area (Å²) in [5.74, 6) is 0. The number of benzene rings is 1. The molecule has 2 N–H and O–H groups in total. The van der Waals surface area contributed by atoms with Crippen molar-refractivity contribution in [3.63, 3.8) is 0 Å². The molecule has 2 rings (SSSR count). The van der Waals surface area contributed by atoms with Gasteiger partial charge in [0.05, 0.1) is 5.69 Å². The van der Waals surface area contributed by atoms with Crippen LogP contribution in [0.2, 0.25) is 0 Å². The first-order valence-corrected chi connectivity index (χ1v) is 7.04. The minimum absolute atomic E-state index is 0.714. The number of nitrogens with zero attached hydrogens (tertiary/aromatic N) is 1. The van der Waals surface area contributed by atoms with Gasteiger partial charge >= 0.3 is 0 Å². The van der Waals surface area contributed by atoms with Gasteiger partial charge in [-0.15, -0.1) is 0 Å². The van der Waals surface area contributed by atoms with Gasteiger partial charge in [0, 0.05) is 22.3 Å². The van der Waals surface area contributed by atoms with Crippen LogP contribution < -0.4 is 10.6 Å². The maximum absolute atomic E-state index is 5.78. The Balaban J connectivity index is 2.15. The fourth-order valence-corrected chi connectivity index (χ4v) is 3.39. The molecule has 0 heterocycles. The zero-order chi connectivity index (χ0) is 11.5. The molecule has 1 aromatic carbocycles. The molecule has 1 aromatic rings. The van der Waals surface area contributed by atoms with Crippen LogP contribution in [0, 0.1) is 3.57 Å². The highest BCUT2D eigenvalue weighted by atomic mass is 127. The van der Waals surface area contributed by atoms with Crippen molar-refractivity contribution in [2.45, 2.75) is 38.1 Å². The molecule has 16 heavy (non-hydrogen) atoms. The molecule has 0 aromatic heterocycles. The molecule has 2 nitrogen and oxygen atoms in total. The molecule has 3 heteroatoms. The molecular formula is C13H19IN2. The van der Waals surface area contributed by atoms with Crippen molar-refractivity contribution >= 4 is 34.0 Å². The van der Waals surface area contributed by atoms with Gasteiger partial charge in [-0.25, -0.2) is 0 Å². The van der Waals surface area contributed by atoms with E-state index in [9.17, 15) is 0 Å². The van der Waals surface area contributed by atoms with Crippen LogP contribution in [0.15, 0.2) is 18.2 Å². The monoisotopic (exact) mass is 330 g/mol. The summed E-state index contributed by atoms with van der Waals surface area (Å²) in [6, 6.07) is 6.91. The van der Waals surface area contributed by atoms with Crippen molar-refractivity contribution in [2.24, 2.45) is 0 Å². The van der Waals surface area contributed by atoms with E-state index in [-0.39, 0.29) is 0 Å². The number of halogens is 1. The molecule has 0 aliphatic heterocycles. The van der Waals surface area contributed by atoms with Gasteiger partial charge in [0.1, 0.15) is 0 Å². The molecular weight excluding hydrogens is 311 g/mol. The summed E-state index contributed by atoms with van der Waals surface area (Å²) >= 11 is 2.38. The lowest BCUT2D eigenvalue weighted by molar-refractivity contribution is 0.427. The van der Waals surface area contributed by atoms with Gasteiger partial charge in [-0.05, 0) is 53.6 Å². The first kappa shape index (κ1) is 12.0. The van der Waals surface area contributed by atoms with Crippen LogP contribution in [0.3, 0.4) is 0 Å². The van der Waals surface area contributed by atoms with Gasteiger partial charge in [-0.1, -0.05) is 19.3 Å². The summed E-state index contributed by atoms with van der Waals surface area (Å²) in [4.78, 5) is 2.43. The van der Waals surface area contributed by atoms with E-state index in [4.69, 9.17) is 5.73 Å². The topological polar surface area (TPSA) is 29.3 Å². The third-order valence-electron chi connectivity index (χ3n) is 3.47. The van der Waals surface area contributed by atoms with Crippen molar-refractivity contribution in [3.05, 3.63) is 21.8 Å². The van der Waals surface area contributed by atoms with Crippen molar-refractivity contribution in [3.8, 4) is 0 Å². The Hall–Kier alpha value is -0.450. The third kappa shape index (κ3) is 2.62. The number of hydrogen-bond acceptors (Lipinski definition) is 2. The average Bonchev–Trinajstić information content (AvgIpc) is 2.29. The Kier molecular flexibility index (Phi) is 3.95. The van der Waals surface area contributed by atoms with Crippen LogP contribution in [0.5, 0.6) is 0 Å². The van der Waals surface area contributed by atoms with E-state index >= 15 is 0 Å². The largest absolute Gasteiger partial charge is 0.399 e. The van der Waals surface area contributed by atoms with Crippen molar-refractivity contribution in [1.82, 2.24) is 0 Å². The van der Waals surface area contributed by atoms with Gasteiger partial charge in [-0.2, -0.15) is 0 Å². The summed E-state index contributed by atoms with van der Waals surface area (Å²) in [6.45, 7) is 0. The van der Waals surface area contributed by atoms with E-state index in [1.54, 1.807) is 0 Å². The molecule has 0 amide bonds. The van der Waals surface area contributed by atoms with Gasteiger partial charge in [0.2, 0.25) is 0 Å². The Morgan fingerprint density at radius 2 is 1.94 bits per heavy atom.